The summed E-state index contributed by atoms with van der Waals surface area (Å²) in [6.07, 6.45) is 0. The molecule has 1 aliphatic heterocycles. The Kier molecular flexibility index (Phi) is 6.41. The number of nitrogens with zero attached hydrogens (tertiary/aromatic N) is 4. The molecule has 0 radical (unpaired) electrons. The molecule has 7 nitrogen and oxygen atoms in total. The molecule has 2 aromatic carbocycles. The highest BCUT2D eigenvalue weighted by Crippen LogP contribution is 2.27. The standard InChI is InChI=1S/C25H31N5O2S/c1-17-6-8-22(9-7-17)27-25-26-21(5)16-23(28-25)29-10-12-30(13-11-29)33(31,32)24-19(3)14-18(2)15-20(24)4/h6-9,14-16H,10-13H2,1-5H3,(H,26,27,28). The van der Waals surface area contributed by atoms with Crippen LogP contribution in [-0.4, -0.2) is 48.9 Å². The Bertz CT molecular complexity index is 1240. The van der Waals surface area contributed by atoms with Crippen molar-refractivity contribution in [1.29, 1.82) is 0 Å². The summed E-state index contributed by atoms with van der Waals surface area (Å²) >= 11 is 0. The third kappa shape index (κ3) is 5.02. The fraction of sp³-hybridized carbons (Fsp3) is 0.360. The number of hydrogen-bond acceptors (Lipinski definition) is 6. The Morgan fingerprint density at radius 1 is 0.788 bits per heavy atom. The molecule has 2 heterocycles. The van der Waals surface area contributed by atoms with Crippen molar-refractivity contribution < 1.29 is 8.42 Å². The molecule has 3 aromatic rings. The summed E-state index contributed by atoms with van der Waals surface area (Å²) in [4.78, 5) is 11.8. The number of rotatable bonds is 5. The normalized spacial score (nSPS) is 15.0. The number of aryl methyl sites for hydroxylation is 5. The Balaban J connectivity index is 1.50. The van der Waals surface area contributed by atoms with E-state index in [0.717, 1.165) is 33.9 Å². The average Bonchev–Trinajstić information content (AvgIpc) is 2.74. The summed E-state index contributed by atoms with van der Waals surface area (Å²) in [5.74, 6) is 1.34. The molecule has 1 aromatic heterocycles. The third-order valence-electron chi connectivity index (χ3n) is 5.91. The monoisotopic (exact) mass is 465 g/mol. The van der Waals surface area contributed by atoms with Gasteiger partial charge in [-0.15, -0.1) is 0 Å². The number of aromatic nitrogens is 2. The van der Waals surface area contributed by atoms with Gasteiger partial charge in [-0.3, -0.25) is 0 Å². The number of sulfonamides is 1. The summed E-state index contributed by atoms with van der Waals surface area (Å²) in [6.45, 7) is 11.7. The average molecular weight is 466 g/mol. The van der Waals surface area contributed by atoms with E-state index in [1.807, 2.05) is 77.1 Å². The third-order valence-corrected chi connectivity index (χ3v) is 8.12. The first-order valence-electron chi connectivity index (χ1n) is 11.2. The minimum absolute atomic E-state index is 0.416. The molecule has 1 N–H and O–H groups in total. The predicted molar refractivity (Wildman–Crippen MR) is 133 cm³/mol. The van der Waals surface area contributed by atoms with E-state index in [2.05, 4.69) is 15.2 Å². The molecule has 0 amide bonds. The molecule has 1 fully saturated rings. The quantitative estimate of drug-likeness (QED) is 0.606. The second kappa shape index (κ2) is 9.11. The Labute approximate surface area is 196 Å². The van der Waals surface area contributed by atoms with Crippen molar-refractivity contribution in [1.82, 2.24) is 14.3 Å². The van der Waals surface area contributed by atoms with E-state index in [-0.39, 0.29) is 0 Å². The van der Waals surface area contributed by atoms with Crippen molar-refractivity contribution in [3.8, 4) is 0 Å². The van der Waals surface area contributed by atoms with E-state index in [1.165, 1.54) is 5.56 Å². The van der Waals surface area contributed by atoms with Gasteiger partial charge in [-0.2, -0.15) is 9.29 Å². The Morgan fingerprint density at radius 3 is 2.00 bits per heavy atom. The Hall–Kier alpha value is -2.97. The first-order valence-corrected chi connectivity index (χ1v) is 12.6. The van der Waals surface area contributed by atoms with Gasteiger partial charge < -0.3 is 10.2 Å². The van der Waals surface area contributed by atoms with Gasteiger partial charge in [0.2, 0.25) is 16.0 Å². The minimum atomic E-state index is -3.54. The summed E-state index contributed by atoms with van der Waals surface area (Å²) in [5, 5.41) is 3.27. The first-order chi connectivity index (χ1) is 15.6. The van der Waals surface area contributed by atoms with Gasteiger partial charge in [0.15, 0.2) is 0 Å². The van der Waals surface area contributed by atoms with Crippen LogP contribution in [-0.2, 0) is 10.0 Å². The molecule has 1 aliphatic rings. The fourth-order valence-corrected chi connectivity index (χ4v) is 6.23. The van der Waals surface area contributed by atoms with Crippen LogP contribution in [0.5, 0.6) is 0 Å². The maximum atomic E-state index is 13.4. The van der Waals surface area contributed by atoms with Crippen LogP contribution in [0.15, 0.2) is 47.4 Å². The fourth-order valence-electron chi connectivity index (χ4n) is 4.40. The van der Waals surface area contributed by atoms with E-state index in [1.54, 1.807) is 4.31 Å². The summed E-state index contributed by atoms with van der Waals surface area (Å²) in [7, 11) is -3.54. The molecule has 174 valence electrons. The lowest BCUT2D eigenvalue weighted by Gasteiger charge is -2.35. The SMILES string of the molecule is Cc1ccc(Nc2nc(C)cc(N3CCN(S(=O)(=O)c4c(C)cc(C)cc4C)CC3)n2)cc1. The highest BCUT2D eigenvalue weighted by Gasteiger charge is 2.31. The largest absolute Gasteiger partial charge is 0.354 e. The Morgan fingerprint density at radius 2 is 1.39 bits per heavy atom. The number of anilines is 3. The number of piperazine rings is 1. The van der Waals surface area contributed by atoms with E-state index < -0.39 is 10.0 Å². The number of nitrogens with one attached hydrogen (secondary N) is 1. The first kappa shape index (κ1) is 23.2. The van der Waals surface area contributed by atoms with E-state index >= 15 is 0 Å². The highest BCUT2D eigenvalue weighted by atomic mass is 32.2. The van der Waals surface area contributed by atoms with Crippen molar-refractivity contribution in [2.24, 2.45) is 0 Å². The van der Waals surface area contributed by atoms with Gasteiger partial charge in [0.1, 0.15) is 5.82 Å². The summed E-state index contributed by atoms with van der Waals surface area (Å²) < 4.78 is 28.4. The van der Waals surface area contributed by atoms with Crippen LogP contribution >= 0.6 is 0 Å². The van der Waals surface area contributed by atoms with Gasteiger partial charge in [0.25, 0.3) is 0 Å². The summed E-state index contributed by atoms with van der Waals surface area (Å²) in [5.41, 5.74) is 5.65. The van der Waals surface area contributed by atoms with Gasteiger partial charge in [-0.05, 0) is 57.9 Å². The maximum absolute atomic E-state index is 13.4. The molecule has 0 bridgehead atoms. The van der Waals surface area contributed by atoms with Crippen LogP contribution in [0.2, 0.25) is 0 Å². The molecule has 0 spiro atoms. The molecule has 33 heavy (non-hydrogen) atoms. The van der Waals surface area contributed by atoms with Gasteiger partial charge in [-0.25, -0.2) is 13.4 Å². The molecular weight excluding hydrogens is 434 g/mol. The van der Waals surface area contributed by atoms with Crippen molar-refractivity contribution in [2.45, 2.75) is 39.5 Å². The van der Waals surface area contributed by atoms with Crippen LogP contribution in [0.3, 0.4) is 0 Å². The predicted octanol–water partition coefficient (Wildman–Crippen LogP) is 4.27. The lowest BCUT2D eigenvalue weighted by atomic mass is 10.1. The highest BCUT2D eigenvalue weighted by molar-refractivity contribution is 7.89. The van der Waals surface area contributed by atoms with Crippen molar-refractivity contribution in [2.75, 3.05) is 36.4 Å². The van der Waals surface area contributed by atoms with E-state index in [0.29, 0.717) is 37.0 Å². The minimum Gasteiger partial charge on any atom is -0.354 e. The van der Waals surface area contributed by atoms with Crippen molar-refractivity contribution >= 4 is 27.5 Å². The second-order valence-corrected chi connectivity index (χ2v) is 10.7. The lowest BCUT2D eigenvalue weighted by molar-refractivity contribution is 0.383. The van der Waals surface area contributed by atoms with Gasteiger partial charge >= 0.3 is 0 Å². The van der Waals surface area contributed by atoms with Crippen LogP contribution in [0.25, 0.3) is 0 Å². The molecule has 4 rings (SSSR count). The van der Waals surface area contributed by atoms with E-state index in [9.17, 15) is 8.42 Å². The zero-order valence-electron chi connectivity index (χ0n) is 19.9. The van der Waals surface area contributed by atoms with Crippen LogP contribution < -0.4 is 10.2 Å². The second-order valence-electron chi connectivity index (χ2n) is 8.80. The van der Waals surface area contributed by atoms with Crippen LogP contribution in [0.4, 0.5) is 17.5 Å². The zero-order valence-corrected chi connectivity index (χ0v) is 20.7. The molecule has 0 saturated carbocycles. The van der Waals surface area contributed by atoms with Crippen LogP contribution in [0, 0.1) is 34.6 Å². The molecule has 0 aliphatic carbocycles. The van der Waals surface area contributed by atoms with Crippen molar-refractivity contribution in [3.05, 3.63) is 70.4 Å². The van der Waals surface area contributed by atoms with Crippen LogP contribution in [0.1, 0.15) is 27.9 Å². The summed E-state index contributed by atoms with van der Waals surface area (Å²) in [6, 6.07) is 13.9. The van der Waals surface area contributed by atoms with Crippen molar-refractivity contribution in [3.63, 3.8) is 0 Å². The molecule has 0 unspecified atom stereocenters. The number of hydrogen-bond donors (Lipinski definition) is 1. The molecule has 1 saturated heterocycles. The lowest BCUT2D eigenvalue weighted by Crippen LogP contribution is -2.49. The molecule has 0 atom stereocenters. The zero-order chi connectivity index (χ0) is 23.8. The topological polar surface area (TPSA) is 78.4 Å². The smallest absolute Gasteiger partial charge is 0.243 e. The molecular formula is C25H31N5O2S. The molecule has 8 heteroatoms. The van der Waals surface area contributed by atoms with E-state index in [4.69, 9.17) is 4.98 Å². The van der Waals surface area contributed by atoms with Gasteiger partial charge in [-0.1, -0.05) is 35.4 Å². The number of benzene rings is 2. The van der Waals surface area contributed by atoms with Gasteiger partial charge in [0, 0.05) is 43.6 Å². The van der Waals surface area contributed by atoms with Gasteiger partial charge in [0.05, 0.1) is 4.90 Å². The maximum Gasteiger partial charge on any atom is 0.243 e.